The van der Waals surface area contributed by atoms with Gasteiger partial charge in [0.1, 0.15) is 6.61 Å². The SMILES string of the molecule is CC(C)(C)C1=NOC(C(=O)OCc2ccc(/C=C/c3ccc(-c4ccccc4)cc3)cc2)C1. The topological polar surface area (TPSA) is 47.9 Å². The molecule has 0 aromatic heterocycles. The third kappa shape index (κ3) is 5.98. The number of esters is 1. The molecule has 3 aromatic rings. The number of benzene rings is 3. The third-order valence-corrected chi connectivity index (χ3v) is 5.64. The van der Waals surface area contributed by atoms with Crippen LogP contribution < -0.4 is 0 Å². The molecule has 1 atom stereocenters. The third-order valence-electron chi connectivity index (χ3n) is 5.64. The van der Waals surface area contributed by atoms with Gasteiger partial charge in [-0.05, 0) is 27.8 Å². The smallest absolute Gasteiger partial charge is 0.350 e. The van der Waals surface area contributed by atoms with E-state index >= 15 is 0 Å². The molecule has 0 radical (unpaired) electrons. The van der Waals surface area contributed by atoms with Crippen molar-refractivity contribution in [3.05, 3.63) is 95.6 Å². The van der Waals surface area contributed by atoms with Crippen molar-refractivity contribution in [2.24, 2.45) is 10.6 Å². The highest BCUT2D eigenvalue weighted by atomic mass is 16.7. The van der Waals surface area contributed by atoms with Crippen LogP contribution in [0, 0.1) is 5.41 Å². The molecule has 3 aromatic carbocycles. The summed E-state index contributed by atoms with van der Waals surface area (Å²) in [6, 6.07) is 26.8. The Morgan fingerprint density at radius 2 is 1.48 bits per heavy atom. The number of carbonyl (C=O) groups is 1. The molecule has 0 N–H and O–H groups in total. The number of ether oxygens (including phenoxy) is 1. The first-order valence-corrected chi connectivity index (χ1v) is 11.2. The van der Waals surface area contributed by atoms with Gasteiger partial charge in [0.05, 0.1) is 5.71 Å². The normalized spacial score (nSPS) is 15.8. The van der Waals surface area contributed by atoms with Crippen molar-refractivity contribution in [1.29, 1.82) is 0 Å². The number of hydrogen-bond donors (Lipinski definition) is 0. The van der Waals surface area contributed by atoms with E-state index in [1.807, 2.05) is 42.5 Å². The highest BCUT2D eigenvalue weighted by Crippen LogP contribution is 2.26. The Kier molecular flexibility index (Phi) is 6.74. The molecule has 0 bridgehead atoms. The minimum Gasteiger partial charge on any atom is -0.458 e. The second-order valence-electron chi connectivity index (χ2n) is 9.26. The maximum absolute atomic E-state index is 12.3. The first-order valence-electron chi connectivity index (χ1n) is 11.2. The van der Waals surface area contributed by atoms with E-state index in [9.17, 15) is 4.79 Å². The number of rotatable bonds is 6. The van der Waals surface area contributed by atoms with Gasteiger partial charge in [-0.1, -0.05) is 117 Å². The average Bonchev–Trinajstić information content (AvgIpc) is 3.34. The van der Waals surface area contributed by atoms with E-state index in [0.29, 0.717) is 6.42 Å². The van der Waals surface area contributed by atoms with Gasteiger partial charge >= 0.3 is 5.97 Å². The molecular formula is C29H29NO3. The lowest BCUT2D eigenvalue weighted by atomic mass is 9.87. The van der Waals surface area contributed by atoms with Gasteiger partial charge in [0.25, 0.3) is 0 Å². The van der Waals surface area contributed by atoms with Crippen LogP contribution in [0.4, 0.5) is 0 Å². The number of hydrogen-bond acceptors (Lipinski definition) is 4. The van der Waals surface area contributed by atoms with E-state index in [-0.39, 0.29) is 18.0 Å². The summed E-state index contributed by atoms with van der Waals surface area (Å²) in [6.07, 6.45) is 4.01. The summed E-state index contributed by atoms with van der Waals surface area (Å²) in [5.74, 6) is -0.374. The van der Waals surface area contributed by atoms with Crippen LogP contribution in [0.15, 0.2) is 84.0 Å². The quantitative estimate of drug-likeness (QED) is 0.315. The maximum atomic E-state index is 12.3. The highest BCUT2D eigenvalue weighted by molar-refractivity contribution is 5.94. The molecule has 33 heavy (non-hydrogen) atoms. The Hall–Kier alpha value is -3.66. The summed E-state index contributed by atoms with van der Waals surface area (Å²) in [5, 5.41) is 4.05. The molecule has 1 heterocycles. The molecule has 4 heteroatoms. The maximum Gasteiger partial charge on any atom is 0.350 e. The lowest BCUT2D eigenvalue weighted by Crippen LogP contribution is -2.26. The predicted molar refractivity (Wildman–Crippen MR) is 133 cm³/mol. The van der Waals surface area contributed by atoms with Gasteiger partial charge in [-0.25, -0.2) is 4.79 Å². The zero-order chi connectivity index (χ0) is 23.3. The van der Waals surface area contributed by atoms with Crippen LogP contribution in [-0.2, 0) is 21.0 Å². The van der Waals surface area contributed by atoms with Crippen molar-refractivity contribution < 1.29 is 14.4 Å². The fourth-order valence-corrected chi connectivity index (χ4v) is 3.53. The zero-order valence-corrected chi connectivity index (χ0v) is 19.3. The summed E-state index contributed by atoms with van der Waals surface area (Å²) in [6.45, 7) is 6.38. The van der Waals surface area contributed by atoms with Crippen molar-refractivity contribution in [3.8, 4) is 11.1 Å². The second-order valence-corrected chi connectivity index (χ2v) is 9.26. The Balaban J connectivity index is 1.28. The summed E-state index contributed by atoms with van der Waals surface area (Å²) >= 11 is 0. The van der Waals surface area contributed by atoms with Gasteiger partial charge < -0.3 is 9.57 Å². The number of oxime groups is 1. The summed E-state index contributed by atoms with van der Waals surface area (Å²) in [5.41, 5.74) is 6.35. The predicted octanol–water partition coefficient (Wildman–Crippen LogP) is 6.76. The lowest BCUT2D eigenvalue weighted by molar-refractivity contribution is -0.156. The molecule has 1 unspecified atom stereocenters. The average molecular weight is 440 g/mol. The fraction of sp³-hybridized carbons (Fsp3) is 0.241. The Bertz CT molecular complexity index is 1140. The van der Waals surface area contributed by atoms with Gasteiger partial charge in [0.2, 0.25) is 6.10 Å². The van der Waals surface area contributed by atoms with Crippen molar-refractivity contribution in [2.75, 3.05) is 0 Å². The van der Waals surface area contributed by atoms with Crippen LogP contribution >= 0.6 is 0 Å². The molecular weight excluding hydrogens is 410 g/mol. The van der Waals surface area contributed by atoms with Crippen LogP contribution in [0.2, 0.25) is 0 Å². The van der Waals surface area contributed by atoms with E-state index in [1.165, 1.54) is 11.1 Å². The van der Waals surface area contributed by atoms with Gasteiger partial charge in [-0.15, -0.1) is 0 Å². The zero-order valence-electron chi connectivity index (χ0n) is 19.3. The Morgan fingerprint density at radius 3 is 2.06 bits per heavy atom. The minimum atomic E-state index is -0.644. The molecule has 0 saturated carbocycles. The van der Waals surface area contributed by atoms with E-state index in [1.54, 1.807) is 0 Å². The molecule has 4 rings (SSSR count). The van der Waals surface area contributed by atoms with E-state index in [4.69, 9.17) is 9.57 Å². The van der Waals surface area contributed by atoms with Gasteiger partial charge in [0, 0.05) is 11.8 Å². The standard InChI is InChI=1S/C29H29NO3/c1-29(2,3)27-19-26(33-30-27)28(31)32-20-23-13-11-21(12-14-23)9-10-22-15-17-25(18-16-22)24-7-5-4-6-8-24/h4-18,26H,19-20H2,1-3H3/b10-9+. The largest absolute Gasteiger partial charge is 0.458 e. The van der Waals surface area contributed by atoms with Crippen LogP contribution in [0.3, 0.4) is 0 Å². The van der Waals surface area contributed by atoms with Crippen LogP contribution in [-0.4, -0.2) is 17.8 Å². The van der Waals surface area contributed by atoms with Crippen LogP contribution in [0.5, 0.6) is 0 Å². The molecule has 1 aliphatic heterocycles. The summed E-state index contributed by atoms with van der Waals surface area (Å²) in [4.78, 5) is 17.6. The summed E-state index contributed by atoms with van der Waals surface area (Å²) in [7, 11) is 0. The minimum absolute atomic E-state index is 0.109. The van der Waals surface area contributed by atoms with Gasteiger partial charge in [-0.3, -0.25) is 0 Å². The van der Waals surface area contributed by atoms with Crippen molar-refractivity contribution >= 4 is 23.8 Å². The molecule has 0 fully saturated rings. The molecule has 0 amide bonds. The first kappa shape index (κ1) is 22.5. The molecule has 0 saturated heterocycles. The molecule has 0 spiro atoms. The van der Waals surface area contributed by atoms with Crippen molar-refractivity contribution in [1.82, 2.24) is 0 Å². The lowest BCUT2D eigenvalue weighted by Gasteiger charge is -2.16. The highest BCUT2D eigenvalue weighted by Gasteiger charge is 2.34. The first-order chi connectivity index (χ1) is 15.9. The van der Waals surface area contributed by atoms with Gasteiger partial charge in [-0.2, -0.15) is 0 Å². The van der Waals surface area contributed by atoms with Crippen molar-refractivity contribution in [3.63, 3.8) is 0 Å². The number of carbonyl (C=O) groups excluding carboxylic acids is 1. The molecule has 4 nitrogen and oxygen atoms in total. The van der Waals surface area contributed by atoms with E-state index < -0.39 is 6.10 Å². The number of nitrogens with zero attached hydrogens (tertiary/aromatic N) is 1. The second kappa shape index (κ2) is 9.86. The van der Waals surface area contributed by atoms with E-state index in [2.05, 4.69) is 74.5 Å². The fourth-order valence-electron chi connectivity index (χ4n) is 3.53. The van der Waals surface area contributed by atoms with E-state index in [0.717, 1.165) is 22.4 Å². The van der Waals surface area contributed by atoms with Gasteiger partial charge in [0.15, 0.2) is 0 Å². The molecule has 1 aliphatic rings. The van der Waals surface area contributed by atoms with Crippen molar-refractivity contribution in [2.45, 2.75) is 39.9 Å². The van der Waals surface area contributed by atoms with Crippen LogP contribution in [0.25, 0.3) is 23.3 Å². The molecule has 168 valence electrons. The Labute approximate surface area is 195 Å². The van der Waals surface area contributed by atoms with Crippen LogP contribution in [0.1, 0.15) is 43.9 Å². The molecule has 0 aliphatic carbocycles. The Morgan fingerprint density at radius 1 is 0.909 bits per heavy atom. The monoisotopic (exact) mass is 439 g/mol. The summed E-state index contributed by atoms with van der Waals surface area (Å²) < 4.78 is 5.43.